The van der Waals surface area contributed by atoms with Crippen molar-refractivity contribution in [1.82, 2.24) is 5.32 Å². The molecule has 0 saturated heterocycles. The average molecular weight is 370 g/mol. The van der Waals surface area contributed by atoms with Crippen molar-refractivity contribution in [3.8, 4) is 0 Å². The summed E-state index contributed by atoms with van der Waals surface area (Å²) >= 11 is 7.86. The number of carbonyl (C=O) groups is 2. The van der Waals surface area contributed by atoms with Crippen molar-refractivity contribution < 1.29 is 19.4 Å². The van der Waals surface area contributed by atoms with E-state index in [0.717, 1.165) is 18.9 Å². The third-order valence-corrected chi connectivity index (χ3v) is 4.23. The minimum atomic E-state index is -0.833. The molecule has 0 spiro atoms. The van der Waals surface area contributed by atoms with Gasteiger partial charge in [0, 0.05) is 23.4 Å². The monoisotopic (exact) mass is 369 g/mol. The highest BCUT2D eigenvalue weighted by atomic mass is 35.5. The van der Waals surface area contributed by atoms with Gasteiger partial charge in [0.25, 0.3) is 5.97 Å². The van der Waals surface area contributed by atoms with E-state index in [1.165, 1.54) is 12.0 Å². The van der Waals surface area contributed by atoms with Crippen LogP contribution in [0.5, 0.6) is 0 Å². The van der Waals surface area contributed by atoms with Crippen LogP contribution in [0.15, 0.2) is 41.8 Å². The molecule has 0 bridgehead atoms. The van der Waals surface area contributed by atoms with E-state index in [1.54, 1.807) is 17.4 Å². The molecule has 2 rings (SSSR count). The summed E-state index contributed by atoms with van der Waals surface area (Å²) < 4.78 is 4.85. The Morgan fingerprint density at radius 1 is 1.29 bits per heavy atom. The van der Waals surface area contributed by atoms with Crippen molar-refractivity contribution >= 4 is 34.9 Å². The van der Waals surface area contributed by atoms with E-state index in [9.17, 15) is 4.79 Å². The largest absolute Gasteiger partial charge is 0.481 e. The lowest BCUT2D eigenvalue weighted by Crippen LogP contribution is -2.31. The minimum absolute atomic E-state index is 0.329. The maximum atomic E-state index is 11.9. The number of esters is 1. The molecule has 0 aliphatic heterocycles. The summed E-state index contributed by atoms with van der Waals surface area (Å²) in [6.45, 7) is 1.77. The molecule has 0 aliphatic rings. The molecule has 24 heavy (non-hydrogen) atoms. The zero-order valence-electron chi connectivity index (χ0n) is 13.5. The van der Waals surface area contributed by atoms with Gasteiger partial charge in [0.1, 0.15) is 6.04 Å². The van der Waals surface area contributed by atoms with E-state index in [4.69, 9.17) is 26.2 Å². The number of nitrogens with one attached hydrogen (secondary N) is 1. The van der Waals surface area contributed by atoms with Gasteiger partial charge in [0.05, 0.1) is 7.11 Å². The van der Waals surface area contributed by atoms with Crippen LogP contribution in [0.3, 0.4) is 0 Å². The van der Waals surface area contributed by atoms with Crippen molar-refractivity contribution in [1.29, 1.82) is 0 Å². The third kappa shape index (κ3) is 7.12. The number of hydrogen-bond donors (Lipinski definition) is 2. The predicted octanol–water partition coefficient (Wildman–Crippen LogP) is 3.54. The first-order valence-electron chi connectivity index (χ1n) is 7.23. The Bertz CT molecular complexity index is 642. The number of benzene rings is 1. The zero-order valence-corrected chi connectivity index (χ0v) is 15.1. The lowest BCUT2D eigenvalue weighted by atomic mass is 10.1. The zero-order chi connectivity index (χ0) is 17.9. The molecule has 2 N–H and O–H groups in total. The average Bonchev–Trinajstić information content (AvgIpc) is 3.05. The fourth-order valence-electron chi connectivity index (χ4n) is 1.94. The van der Waals surface area contributed by atoms with Crippen LogP contribution in [0.25, 0.3) is 0 Å². The van der Waals surface area contributed by atoms with E-state index in [0.29, 0.717) is 11.6 Å². The van der Waals surface area contributed by atoms with Gasteiger partial charge in [-0.15, -0.1) is 11.3 Å². The molecule has 130 valence electrons. The SMILES string of the molecule is CC(=O)O.COC(=O)[C@H](NCCc1cccs1)c1ccccc1Cl. The molecule has 2 aromatic rings. The van der Waals surface area contributed by atoms with Gasteiger partial charge in [-0.05, 0) is 29.5 Å². The van der Waals surface area contributed by atoms with E-state index >= 15 is 0 Å². The van der Waals surface area contributed by atoms with Gasteiger partial charge >= 0.3 is 5.97 Å². The second-order valence-corrected chi connectivity index (χ2v) is 6.22. The van der Waals surface area contributed by atoms with Crippen molar-refractivity contribution in [3.63, 3.8) is 0 Å². The topological polar surface area (TPSA) is 75.6 Å². The molecule has 7 heteroatoms. The number of aliphatic carboxylic acids is 1. The number of thiophene rings is 1. The predicted molar refractivity (Wildman–Crippen MR) is 95.5 cm³/mol. The standard InChI is InChI=1S/C15H16ClNO2S.C2H4O2/c1-19-15(18)14(12-6-2-3-7-13(12)16)17-9-8-11-5-4-10-20-11;1-2(3)4/h2-7,10,14,17H,8-9H2,1H3;1H3,(H,3,4)/t14-;/m1./s1. The summed E-state index contributed by atoms with van der Waals surface area (Å²) in [6.07, 6.45) is 0.871. The van der Waals surface area contributed by atoms with Crippen molar-refractivity contribution in [2.45, 2.75) is 19.4 Å². The number of carboxylic acid groups (broad SMARTS) is 1. The number of carbonyl (C=O) groups excluding carboxylic acids is 1. The van der Waals surface area contributed by atoms with E-state index in [-0.39, 0.29) is 5.97 Å². The minimum Gasteiger partial charge on any atom is -0.481 e. The van der Waals surface area contributed by atoms with Crippen LogP contribution in [0.2, 0.25) is 5.02 Å². The third-order valence-electron chi connectivity index (χ3n) is 2.95. The molecule has 1 heterocycles. The Balaban J connectivity index is 0.000000648. The molecule has 1 aromatic carbocycles. The van der Waals surface area contributed by atoms with Crippen LogP contribution < -0.4 is 5.32 Å². The maximum absolute atomic E-state index is 11.9. The lowest BCUT2D eigenvalue weighted by Gasteiger charge is -2.17. The Labute approximate surface area is 150 Å². The normalized spacial score (nSPS) is 11.1. The van der Waals surface area contributed by atoms with Crippen LogP contribution >= 0.6 is 22.9 Å². The van der Waals surface area contributed by atoms with Crippen LogP contribution in [-0.2, 0) is 20.7 Å². The molecular weight excluding hydrogens is 350 g/mol. The Morgan fingerprint density at radius 3 is 2.50 bits per heavy atom. The van der Waals surface area contributed by atoms with Crippen LogP contribution in [0.1, 0.15) is 23.4 Å². The summed E-state index contributed by atoms with van der Waals surface area (Å²) in [6, 6.07) is 10.9. The van der Waals surface area contributed by atoms with Crippen LogP contribution in [-0.4, -0.2) is 30.7 Å². The first-order valence-corrected chi connectivity index (χ1v) is 8.49. The number of carboxylic acids is 1. The Kier molecular flexibility index (Phi) is 9.07. The summed E-state index contributed by atoms with van der Waals surface area (Å²) in [5, 5.41) is 13.2. The number of ether oxygens (including phenoxy) is 1. The van der Waals surface area contributed by atoms with Crippen LogP contribution in [0.4, 0.5) is 0 Å². The molecule has 0 radical (unpaired) electrons. The number of rotatable bonds is 6. The highest BCUT2D eigenvalue weighted by Gasteiger charge is 2.22. The van der Waals surface area contributed by atoms with E-state index in [1.807, 2.05) is 29.6 Å². The van der Waals surface area contributed by atoms with Gasteiger partial charge in [-0.3, -0.25) is 4.79 Å². The fraction of sp³-hybridized carbons (Fsp3) is 0.294. The van der Waals surface area contributed by atoms with E-state index < -0.39 is 12.0 Å². The molecule has 5 nitrogen and oxygen atoms in total. The van der Waals surface area contributed by atoms with Gasteiger partial charge in [-0.25, -0.2) is 4.79 Å². The van der Waals surface area contributed by atoms with Crippen molar-refractivity contribution in [2.75, 3.05) is 13.7 Å². The molecular formula is C17H20ClNO4S. The lowest BCUT2D eigenvalue weighted by molar-refractivity contribution is -0.143. The molecule has 0 aliphatic carbocycles. The molecule has 1 atom stereocenters. The Hall–Kier alpha value is -1.89. The summed E-state index contributed by atoms with van der Waals surface area (Å²) in [4.78, 5) is 22.2. The highest BCUT2D eigenvalue weighted by molar-refractivity contribution is 7.09. The first-order chi connectivity index (χ1) is 11.5. The van der Waals surface area contributed by atoms with Gasteiger partial charge in [0.15, 0.2) is 0 Å². The first kappa shape index (κ1) is 20.2. The fourth-order valence-corrected chi connectivity index (χ4v) is 2.90. The molecule has 0 saturated carbocycles. The van der Waals surface area contributed by atoms with Gasteiger partial charge < -0.3 is 15.2 Å². The quantitative estimate of drug-likeness (QED) is 0.762. The van der Waals surface area contributed by atoms with E-state index in [2.05, 4.69) is 11.4 Å². The Morgan fingerprint density at radius 2 is 1.96 bits per heavy atom. The molecule has 1 aromatic heterocycles. The number of methoxy groups -OCH3 is 1. The second kappa shape index (κ2) is 10.8. The molecule has 0 unspecified atom stereocenters. The van der Waals surface area contributed by atoms with Crippen LogP contribution in [0, 0.1) is 0 Å². The summed E-state index contributed by atoms with van der Waals surface area (Å²) in [5.74, 6) is -1.16. The molecule has 0 fully saturated rings. The molecule has 0 amide bonds. The number of halogens is 1. The van der Waals surface area contributed by atoms with Gasteiger partial charge in [0.2, 0.25) is 0 Å². The summed E-state index contributed by atoms with van der Waals surface area (Å²) in [5.41, 5.74) is 0.743. The van der Waals surface area contributed by atoms with Gasteiger partial charge in [-0.1, -0.05) is 35.9 Å². The number of hydrogen-bond acceptors (Lipinski definition) is 5. The summed E-state index contributed by atoms with van der Waals surface area (Å²) in [7, 11) is 1.38. The maximum Gasteiger partial charge on any atom is 0.327 e. The highest BCUT2D eigenvalue weighted by Crippen LogP contribution is 2.23. The second-order valence-electron chi connectivity index (χ2n) is 4.78. The van der Waals surface area contributed by atoms with Crippen molar-refractivity contribution in [2.24, 2.45) is 0 Å². The smallest absolute Gasteiger partial charge is 0.327 e. The van der Waals surface area contributed by atoms with Crippen molar-refractivity contribution in [3.05, 3.63) is 57.2 Å². The van der Waals surface area contributed by atoms with Gasteiger partial charge in [-0.2, -0.15) is 0 Å².